The first-order valence-corrected chi connectivity index (χ1v) is 5.89. The lowest BCUT2D eigenvalue weighted by Gasteiger charge is -2.27. The van der Waals surface area contributed by atoms with E-state index < -0.39 is 0 Å². The molecule has 18 heavy (non-hydrogen) atoms. The van der Waals surface area contributed by atoms with Crippen LogP contribution in [0.1, 0.15) is 13.3 Å². The van der Waals surface area contributed by atoms with Crippen molar-refractivity contribution < 1.29 is 0 Å². The summed E-state index contributed by atoms with van der Waals surface area (Å²) in [6.45, 7) is 13.6. The minimum Gasteiger partial charge on any atom is -0.333 e. The molecule has 1 rings (SSSR count). The first-order chi connectivity index (χ1) is 8.63. The van der Waals surface area contributed by atoms with Crippen molar-refractivity contribution in [1.29, 1.82) is 0 Å². The van der Waals surface area contributed by atoms with Gasteiger partial charge in [0.15, 0.2) is 0 Å². The zero-order chi connectivity index (χ0) is 14.1. The summed E-state index contributed by atoms with van der Waals surface area (Å²) in [5, 5.41) is 0. The van der Waals surface area contributed by atoms with Crippen LogP contribution in [0.2, 0.25) is 0 Å². The molecule has 0 spiro atoms. The summed E-state index contributed by atoms with van der Waals surface area (Å²) < 4.78 is 0. The van der Waals surface area contributed by atoms with Gasteiger partial charge in [-0.15, -0.1) is 0 Å². The Bertz CT molecular complexity index is 411. The smallest absolute Gasteiger partial charge is 0.133 e. The summed E-state index contributed by atoms with van der Waals surface area (Å²) in [5.74, 6) is 0.858. The van der Waals surface area contributed by atoms with E-state index in [2.05, 4.69) is 37.4 Å². The number of likely N-dealkylation sites (N-methyl/N-ethyl adjacent to an activating group) is 1. The van der Waals surface area contributed by atoms with E-state index in [1.807, 2.05) is 24.1 Å². The van der Waals surface area contributed by atoms with E-state index >= 15 is 0 Å². The summed E-state index contributed by atoms with van der Waals surface area (Å²) >= 11 is 0. The van der Waals surface area contributed by atoms with Gasteiger partial charge in [-0.05, 0) is 37.3 Å². The molecule has 0 aromatic heterocycles. The number of hydrogen-bond acceptors (Lipinski definition) is 3. The maximum absolute atomic E-state index is 4.50. The van der Waals surface area contributed by atoms with Crippen LogP contribution in [-0.4, -0.2) is 24.7 Å². The van der Waals surface area contributed by atoms with Crippen molar-refractivity contribution >= 4 is 5.71 Å². The SMILES string of the molecule is C=C/C=C1/N=C(C=C)C=C(C(=C)CC)N1C.CN. The van der Waals surface area contributed by atoms with E-state index in [1.165, 1.54) is 7.05 Å². The second kappa shape index (κ2) is 8.25. The van der Waals surface area contributed by atoms with Gasteiger partial charge in [-0.3, -0.25) is 0 Å². The highest BCUT2D eigenvalue weighted by atomic mass is 15.2. The lowest BCUT2D eigenvalue weighted by Crippen LogP contribution is -2.22. The zero-order valence-corrected chi connectivity index (χ0v) is 11.6. The van der Waals surface area contributed by atoms with Crippen molar-refractivity contribution in [3.05, 3.63) is 61.1 Å². The molecule has 0 radical (unpaired) electrons. The van der Waals surface area contributed by atoms with Crippen molar-refractivity contribution in [2.45, 2.75) is 13.3 Å². The molecule has 0 unspecified atom stereocenters. The molecule has 1 heterocycles. The van der Waals surface area contributed by atoms with Gasteiger partial charge in [-0.25, -0.2) is 4.99 Å². The molecule has 3 heteroatoms. The van der Waals surface area contributed by atoms with E-state index in [4.69, 9.17) is 0 Å². The molecule has 0 amide bonds. The predicted octanol–water partition coefficient (Wildman–Crippen LogP) is 3.01. The number of nitrogens with zero attached hydrogens (tertiary/aromatic N) is 2. The molecule has 0 aromatic rings. The van der Waals surface area contributed by atoms with Crippen molar-refractivity contribution in [3.63, 3.8) is 0 Å². The molecular weight excluding hydrogens is 222 g/mol. The van der Waals surface area contributed by atoms with Gasteiger partial charge in [0.25, 0.3) is 0 Å². The monoisotopic (exact) mass is 245 g/mol. The molecule has 98 valence electrons. The van der Waals surface area contributed by atoms with E-state index in [1.54, 1.807) is 12.2 Å². The molecule has 0 atom stereocenters. The quantitative estimate of drug-likeness (QED) is 0.827. The van der Waals surface area contributed by atoms with Gasteiger partial charge in [0.2, 0.25) is 0 Å². The molecule has 0 saturated carbocycles. The van der Waals surface area contributed by atoms with E-state index in [0.717, 1.165) is 29.2 Å². The molecule has 1 aliphatic heterocycles. The van der Waals surface area contributed by atoms with Gasteiger partial charge in [0.05, 0.1) is 5.71 Å². The number of nitrogens with two attached hydrogens (primary N) is 1. The van der Waals surface area contributed by atoms with Crippen LogP contribution in [0.4, 0.5) is 0 Å². The highest BCUT2D eigenvalue weighted by molar-refractivity contribution is 6.05. The van der Waals surface area contributed by atoms with Crippen LogP contribution < -0.4 is 5.73 Å². The van der Waals surface area contributed by atoms with Crippen LogP contribution in [0, 0.1) is 0 Å². The number of rotatable bonds is 4. The second-order valence-corrected chi connectivity index (χ2v) is 3.55. The average molecular weight is 245 g/mol. The summed E-state index contributed by atoms with van der Waals surface area (Å²) in [6.07, 6.45) is 8.27. The largest absolute Gasteiger partial charge is 0.333 e. The lowest BCUT2D eigenvalue weighted by atomic mass is 10.1. The van der Waals surface area contributed by atoms with Crippen molar-refractivity contribution in [1.82, 2.24) is 4.90 Å². The second-order valence-electron chi connectivity index (χ2n) is 3.55. The zero-order valence-electron chi connectivity index (χ0n) is 11.6. The Morgan fingerprint density at radius 1 is 1.44 bits per heavy atom. The third-order valence-electron chi connectivity index (χ3n) is 2.50. The van der Waals surface area contributed by atoms with E-state index in [0.29, 0.717) is 0 Å². The molecule has 2 N–H and O–H groups in total. The molecular formula is C15H23N3. The summed E-state index contributed by atoms with van der Waals surface area (Å²) in [6, 6.07) is 0. The van der Waals surface area contributed by atoms with Crippen LogP contribution in [0.3, 0.4) is 0 Å². The fourth-order valence-corrected chi connectivity index (χ4v) is 1.48. The van der Waals surface area contributed by atoms with Crippen molar-refractivity contribution in [2.75, 3.05) is 14.1 Å². The predicted molar refractivity (Wildman–Crippen MR) is 81.3 cm³/mol. The summed E-state index contributed by atoms with van der Waals surface area (Å²) in [4.78, 5) is 6.45. The number of allylic oxidation sites excluding steroid dienone is 5. The van der Waals surface area contributed by atoms with Crippen molar-refractivity contribution in [3.8, 4) is 0 Å². The third kappa shape index (κ3) is 3.86. The van der Waals surface area contributed by atoms with Gasteiger partial charge in [-0.2, -0.15) is 0 Å². The first-order valence-electron chi connectivity index (χ1n) is 5.89. The minimum atomic E-state index is 0.857. The molecule has 1 aliphatic rings. The average Bonchev–Trinajstić information content (AvgIpc) is 2.42. The van der Waals surface area contributed by atoms with Gasteiger partial charge < -0.3 is 10.6 Å². The standard InChI is InChI=1S/C14H18N2.CH5N/c1-6-9-14-15-12(8-3)10-13(16(14)5)11(4)7-2;1-2/h6,8-10H,1,3-4,7H2,2,5H3;2H2,1H3/b14-9-;. The molecule has 0 aromatic carbocycles. The van der Waals surface area contributed by atoms with Crippen molar-refractivity contribution in [2.24, 2.45) is 10.7 Å². The maximum atomic E-state index is 4.50. The maximum Gasteiger partial charge on any atom is 0.133 e. The van der Waals surface area contributed by atoms with Gasteiger partial charge in [0, 0.05) is 12.7 Å². The third-order valence-corrected chi connectivity index (χ3v) is 2.50. The molecule has 0 bridgehead atoms. The molecule has 3 nitrogen and oxygen atoms in total. The van der Waals surface area contributed by atoms with Crippen LogP contribution in [0.15, 0.2) is 66.1 Å². The number of aliphatic imine (C=N–C) groups is 1. The van der Waals surface area contributed by atoms with E-state index in [9.17, 15) is 0 Å². The first kappa shape index (κ1) is 16.1. The fourth-order valence-electron chi connectivity index (χ4n) is 1.48. The Morgan fingerprint density at radius 2 is 2.06 bits per heavy atom. The van der Waals surface area contributed by atoms with Gasteiger partial charge >= 0.3 is 0 Å². The number of hydrogen-bond donors (Lipinski definition) is 1. The normalized spacial score (nSPS) is 16.2. The topological polar surface area (TPSA) is 41.6 Å². The molecule has 0 saturated heterocycles. The highest BCUT2D eigenvalue weighted by Crippen LogP contribution is 2.24. The summed E-state index contributed by atoms with van der Waals surface area (Å²) in [5.41, 5.74) is 7.53. The Balaban J connectivity index is 0.00000137. The van der Waals surface area contributed by atoms with Gasteiger partial charge in [-0.1, -0.05) is 32.7 Å². The van der Waals surface area contributed by atoms with Crippen LogP contribution in [-0.2, 0) is 0 Å². The van der Waals surface area contributed by atoms with Crippen LogP contribution >= 0.6 is 0 Å². The van der Waals surface area contributed by atoms with E-state index in [-0.39, 0.29) is 0 Å². The Morgan fingerprint density at radius 3 is 2.50 bits per heavy atom. The molecule has 0 fully saturated rings. The minimum absolute atomic E-state index is 0.857. The van der Waals surface area contributed by atoms with Crippen LogP contribution in [0.5, 0.6) is 0 Å². The van der Waals surface area contributed by atoms with Crippen LogP contribution in [0.25, 0.3) is 0 Å². The lowest BCUT2D eigenvalue weighted by molar-refractivity contribution is 0.515. The highest BCUT2D eigenvalue weighted by Gasteiger charge is 2.16. The Hall–Kier alpha value is -1.87. The summed E-state index contributed by atoms with van der Waals surface area (Å²) in [7, 11) is 3.48. The fraction of sp³-hybridized carbons (Fsp3) is 0.267. The Labute approximate surface area is 110 Å². The molecule has 0 aliphatic carbocycles. The van der Waals surface area contributed by atoms with Gasteiger partial charge in [0.1, 0.15) is 5.82 Å². The Kier molecular flexibility index (Phi) is 7.40.